The standard InChI is InChI=1S/C21H15FN2O3S/c22-15-7-5-13(6-8-15)20-24-16(12-28-20)9-10-23-19(25)17-11-14-3-1-2-4-18(14)27-21(17)26/h1-8,11-12H,9-10H2,(H,23,25). The summed E-state index contributed by atoms with van der Waals surface area (Å²) < 4.78 is 18.2. The Morgan fingerprint density at radius 1 is 1.14 bits per heavy atom. The zero-order chi connectivity index (χ0) is 19.5. The number of thiazole rings is 1. The van der Waals surface area contributed by atoms with Crippen LogP contribution in [-0.2, 0) is 6.42 Å². The van der Waals surface area contributed by atoms with Gasteiger partial charge in [0.05, 0.1) is 5.69 Å². The number of carbonyl (C=O) groups excluding carboxylic acids is 1. The van der Waals surface area contributed by atoms with E-state index in [0.29, 0.717) is 23.9 Å². The van der Waals surface area contributed by atoms with Gasteiger partial charge in [0.25, 0.3) is 5.91 Å². The van der Waals surface area contributed by atoms with E-state index in [0.717, 1.165) is 16.3 Å². The molecular weight excluding hydrogens is 379 g/mol. The molecule has 0 fully saturated rings. The molecule has 0 atom stereocenters. The number of nitrogens with zero attached hydrogens (tertiary/aromatic N) is 1. The van der Waals surface area contributed by atoms with Crippen LogP contribution in [0.1, 0.15) is 16.1 Å². The van der Waals surface area contributed by atoms with Crippen molar-refractivity contribution in [2.45, 2.75) is 6.42 Å². The van der Waals surface area contributed by atoms with Crippen LogP contribution in [0.4, 0.5) is 4.39 Å². The van der Waals surface area contributed by atoms with Gasteiger partial charge >= 0.3 is 5.63 Å². The van der Waals surface area contributed by atoms with E-state index < -0.39 is 11.5 Å². The number of aromatic nitrogens is 1. The van der Waals surface area contributed by atoms with Gasteiger partial charge in [-0.15, -0.1) is 11.3 Å². The number of hydrogen-bond donors (Lipinski definition) is 1. The maximum Gasteiger partial charge on any atom is 0.349 e. The third kappa shape index (κ3) is 3.84. The van der Waals surface area contributed by atoms with Crippen molar-refractivity contribution in [1.29, 1.82) is 0 Å². The second-order valence-electron chi connectivity index (χ2n) is 6.14. The van der Waals surface area contributed by atoms with Gasteiger partial charge in [-0.05, 0) is 36.4 Å². The maximum absolute atomic E-state index is 13.0. The van der Waals surface area contributed by atoms with E-state index in [-0.39, 0.29) is 11.4 Å². The highest BCUT2D eigenvalue weighted by molar-refractivity contribution is 7.13. The summed E-state index contributed by atoms with van der Waals surface area (Å²) in [4.78, 5) is 28.9. The van der Waals surface area contributed by atoms with E-state index >= 15 is 0 Å². The molecule has 0 bridgehead atoms. The lowest BCUT2D eigenvalue weighted by Gasteiger charge is -2.04. The number of carbonyl (C=O) groups is 1. The Labute approximate surface area is 163 Å². The minimum Gasteiger partial charge on any atom is -0.422 e. The second kappa shape index (κ2) is 7.74. The third-order valence-corrected chi connectivity index (χ3v) is 5.14. The van der Waals surface area contributed by atoms with Gasteiger partial charge in [0.2, 0.25) is 0 Å². The topological polar surface area (TPSA) is 72.2 Å². The van der Waals surface area contributed by atoms with Gasteiger partial charge in [-0.3, -0.25) is 4.79 Å². The van der Waals surface area contributed by atoms with Crippen LogP contribution in [-0.4, -0.2) is 17.4 Å². The van der Waals surface area contributed by atoms with E-state index in [1.54, 1.807) is 30.3 Å². The Bertz CT molecular complexity index is 1200. The van der Waals surface area contributed by atoms with Gasteiger partial charge in [0.1, 0.15) is 22.0 Å². The fourth-order valence-electron chi connectivity index (χ4n) is 2.77. The Balaban J connectivity index is 1.40. The Morgan fingerprint density at radius 2 is 1.93 bits per heavy atom. The van der Waals surface area contributed by atoms with Gasteiger partial charge < -0.3 is 9.73 Å². The SMILES string of the molecule is O=C(NCCc1csc(-c2ccc(F)cc2)n1)c1cc2ccccc2oc1=O. The fourth-order valence-corrected chi connectivity index (χ4v) is 3.63. The highest BCUT2D eigenvalue weighted by atomic mass is 32.1. The molecule has 2 aromatic carbocycles. The zero-order valence-electron chi connectivity index (χ0n) is 14.6. The molecule has 140 valence electrons. The first-order valence-corrected chi connectivity index (χ1v) is 9.49. The number of hydrogen-bond acceptors (Lipinski definition) is 5. The molecule has 1 N–H and O–H groups in total. The van der Waals surface area contributed by atoms with E-state index in [2.05, 4.69) is 10.3 Å². The molecule has 0 radical (unpaired) electrons. The smallest absolute Gasteiger partial charge is 0.349 e. The Kier molecular flexibility index (Phi) is 4.99. The van der Waals surface area contributed by atoms with Gasteiger partial charge in [0.15, 0.2) is 0 Å². The largest absolute Gasteiger partial charge is 0.422 e. The quantitative estimate of drug-likeness (QED) is 0.519. The monoisotopic (exact) mass is 394 g/mol. The molecule has 2 heterocycles. The van der Waals surface area contributed by atoms with E-state index in [1.165, 1.54) is 29.5 Å². The fraction of sp³-hybridized carbons (Fsp3) is 0.0952. The molecule has 7 heteroatoms. The number of benzene rings is 2. The minimum absolute atomic E-state index is 0.0241. The van der Waals surface area contributed by atoms with Crippen molar-refractivity contribution in [2.24, 2.45) is 0 Å². The third-order valence-electron chi connectivity index (χ3n) is 4.20. The zero-order valence-corrected chi connectivity index (χ0v) is 15.5. The van der Waals surface area contributed by atoms with E-state index in [9.17, 15) is 14.0 Å². The lowest BCUT2D eigenvalue weighted by molar-refractivity contribution is 0.0950. The highest BCUT2D eigenvalue weighted by Crippen LogP contribution is 2.24. The van der Waals surface area contributed by atoms with Crippen molar-refractivity contribution in [3.8, 4) is 10.6 Å². The number of para-hydroxylation sites is 1. The molecule has 1 amide bonds. The van der Waals surface area contributed by atoms with Crippen LogP contribution in [0.15, 0.2) is 69.2 Å². The van der Waals surface area contributed by atoms with Gasteiger partial charge in [-0.2, -0.15) is 0 Å². The number of rotatable bonds is 5. The summed E-state index contributed by atoms with van der Waals surface area (Å²) in [5, 5.41) is 6.10. The van der Waals surface area contributed by atoms with E-state index in [4.69, 9.17) is 4.42 Å². The minimum atomic E-state index is -0.663. The molecule has 0 aliphatic rings. The van der Waals surface area contributed by atoms with Gasteiger partial charge in [-0.25, -0.2) is 14.2 Å². The molecule has 0 aliphatic heterocycles. The Hall–Kier alpha value is -3.32. The molecule has 0 saturated heterocycles. The highest BCUT2D eigenvalue weighted by Gasteiger charge is 2.13. The summed E-state index contributed by atoms with van der Waals surface area (Å²) in [6.07, 6.45) is 0.516. The molecule has 4 rings (SSSR count). The molecular formula is C21H15FN2O3S. The van der Waals surface area contributed by atoms with Crippen molar-refractivity contribution in [3.63, 3.8) is 0 Å². The van der Waals surface area contributed by atoms with Crippen LogP contribution >= 0.6 is 11.3 Å². The summed E-state index contributed by atoms with van der Waals surface area (Å²) in [6.45, 7) is 0.331. The lowest BCUT2D eigenvalue weighted by Crippen LogP contribution is -2.29. The first-order chi connectivity index (χ1) is 13.6. The van der Waals surface area contributed by atoms with Crippen LogP contribution in [0.2, 0.25) is 0 Å². The van der Waals surface area contributed by atoms with Gasteiger partial charge in [0, 0.05) is 29.3 Å². The molecule has 4 aromatic rings. The summed E-state index contributed by atoms with van der Waals surface area (Å²) in [5.74, 6) is -0.769. The number of amides is 1. The molecule has 28 heavy (non-hydrogen) atoms. The van der Waals surface area contributed by atoms with Crippen LogP contribution in [0.25, 0.3) is 21.5 Å². The molecule has 5 nitrogen and oxygen atoms in total. The predicted molar refractivity (Wildman–Crippen MR) is 106 cm³/mol. The van der Waals surface area contributed by atoms with Crippen molar-refractivity contribution >= 4 is 28.2 Å². The predicted octanol–water partition coefficient (Wildman–Crippen LogP) is 4.03. The lowest BCUT2D eigenvalue weighted by atomic mass is 10.2. The summed E-state index contributed by atoms with van der Waals surface area (Å²) in [7, 11) is 0. The number of halogens is 1. The average Bonchev–Trinajstić information content (AvgIpc) is 3.17. The number of fused-ring (bicyclic) bond motifs is 1. The van der Waals surface area contributed by atoms with Crippen molar-refractivity contribution in [3.05, 3.63) is 87.5 Å². The summed E-state index contributed by atoms with van der Waals surface area (Å²) in [6, 6.07) is 14.7. The van der Waals surface area contributed by atoms with E-state index in [1.807, 2.05) is 11.4 Å². The maximum atomic E-state index is 13.0. The number of nitrogens with one attached hydrogen (secondary N) is 1. The van der Waals surface area contributed by atoms with Crippen LogP contribution in [0.5, 0.6) is 0 Å². The van der Waals surface area contributed by atoms with Gasteiger partial charge in [-0.1, -0.05) is 18.2 Å². The average molecular weight is 394 g/mol. The van der Waals surface area contributed by atoms with Crippen LogP contribution in [0, 0.1) is 5.82 Å². The van der Waals surface area contributed by atoms with Crippen LogP contribution < -0.4 is 10.9 Å². The first-order valence-electron chi connectivity index (χ1n) is 8.61. The Morgan fingerprint density at radius 3 is 2.75 bits per heavy atom. The van der Waals surface area contributed by atoms with Crippen molar-refractivity contribution < 1.29 is 13.6 Å². The first kappa shape index (κ1) is 18.1. The second-order valence-corrected chi connectivity index (χ2v) is 7.00. The summed E-state index contributed by atoms with van der Waals surface area (Å²) in [5.41, 5.74) is 1.41. The van der Waals surface area contributed by atoms with Crippen molar-refractivity contribution in [2.75, 3.05) is 6.54 Å². The molecule has 0 spiro atoms. The molecule has 2 aromatic heterocycles. The summed E-state index contributed by atoms with van der Waals surface area (Å²) >= 11 is 1.46. The molecule has 0 aliphatic carbocycles. The molecule has 0 saturated carbocycles. The molecule has 0 unspecified atom stereocenters. The van der Waals surface area contributed by atoms with Crippen LogP contribution in [0.3, 0.4) is 0 Å². The van der Waals surface area contributed by atoms with Crippen molar-refractivity contribution in [1.82, 2.24) is 10.3 Å². The normalized spacial score (nSPS) is 10.9.